The first-order chi connectivity index (χ1) is 12.9. The van der Waals surface area contributed by atoms with Gasteiger partial charge in [-0.1, -0.05) is 24.3 Å². The zero-order chi connectivity index (χ0) is 19.0. The minimum atomic E-state index is -0.241. The van der Waals surface area contributed by atoms with E-state index in [4.69, 9.17) is 9.47 Å². The highest BCUT2D eigenvalue weighted by atomic mass is 32.1. The minimum Gasteiger partial charge on any atom is -0.483 e. The fourth-order valence-corrected chi connectivity index (χ4v) is 4.25. The molecule has 6 heteroatoms. The van der Waals surface area contributed by atoms with Gasteiger partial charge in [-0.2, -0.15) is 0 Å². The van der Waals surface area contributed by atoms with Crippen molar-refractivity contribution in [3.63, 3.8) is 0 Å². The fourth-order valence-electron chi connectivity index (χ4n) is 3.23. The van der Waals surface area contributed by atoms with Gasteiger partial charge in [-0.05, 0) is 32.0 Å². The Morgan fingerprint density at radius 3 is 2.89 bits per heavy atom. The predicted molar refractivity (Wildman–Crippen MR) is 106 cm³/mol. The average Bonchev–Trinajstić information content (AvgIpc) is 3.17. The van der Waals surface area contributed by atoms with Crippen molar-refractivity contribution in [3.05, 3.63) is 53.0 Å². The molecule has 27 heavy (non-hydrogen) atoms. The molecule has 1 aliphatic heterocycles. The maximum absolute atomic E-state index is 12.5. The molecule has 4 rings (SSSR count). The third-order valence-corrected chi connectivity index (χ3v) is 5.56. The Labute approximate surface area is 162 Å². The molecule has 0 aliphatic carbocycles. The number of nitrogens with zero attached hydrogens (tertiary/aromatic N) is 2. The minimum absolute atomic E-state index is 0.0262. The molecule has 0 saturated heterocycles. The lowest BCUT2D eigenvalue weighted by Crippen LogP contribution is -2.31. The van der Waals surface area contributed by atoms with E-state index < -0.39 is 0 Å². The van der Waals surface area contributed by atoms with E-state index in [9.17, 15) is 4.79 Å². The van der Waals surface area contributed by atoms with Gasteiger partial charge >= 0.3 is 0 Å². The van der Waals surface area contributed by atoms with Crippen molar-refractivity contribution in [1.82, 2.24) is 9.88 Å². The summed E-state index contributed by atoms with van der Waals surface area (Å²) in [4.78, 5) is 18.7. The number of likely N-dealkylation sites (N-methyl/N-ethyl adjacent to an activating group) is 1. The molecule has 1 amide bonds. The summed E-state index contributed by atoms with van der Waals surface area (Å²) in [7, 11) is 1.77. The van der Waals surface area contributed by atoms with Gasteiger partial charge in [0.25, 0.3) is 5.91 Å². The molecule has 3 aromatic rings. The standard InChI is InChI=1S/C21H22N2O3S/c1-21(2)11-14-7-6-9-16(20(14)26-21)25-13-19(24)23(3)12-18-22-15-8-4-5-10-17(15)27-18/h4-10H,11-13H2,1-3H3. The number of para-hydroxylation sites is 2. The normalized spacial score (nSPS) is 14.6. The van der Waals surface area contributed by atoms with Gasteiger partial charge in [0.05, 0.1) is 16.8 Å². The number of fused-ring (bicyclic) bond motifs is 2. The third kappa shape index (κ3) is 3.76. The van der Waals surface area contributed by atoms with Crippen molar-refractivity contribution in [2.45, 2.75) is 32.4 Å². The van der Waals surface area contributed by atoms with Crippen LogP contribution in [-0.4, -0.2) is 35.0 Å². The number of thiazole rings is 1. The number of rotatable bonds is 5. The lowest BCUT2D eigenvalue weighted by Gasteiger charge is -2.19. The Bertz CT molecular complexity index is 963. The summed E-state index contributed by atoms with van der Waals surface area (Å²) in [5.74, 6) is 1.29. The quantitative estimate of drug-likeness (QED) is 0.668. The van der Waals surface area contributed by atoms with Crippen molar-refractivity contribution in [3.8, 4) is 11.5 Å². The van der Waals surface area contributed by atoms with Crippen LogP contribution in [0.2, 0.25) is 0 Å². The summed E-state index contributed by atoms with van der Waals surface area (Å²) >= 11 is 1.61. The molecule has 5 nitrogen and oxygen atoms in total. The van der Waals surface area contributed by atoms with Crippen LogP contribution in [0, 0.1) is 0 Å². The van der Waals surface area contributed by atoms with Gasteiger partial charge in [0, 0.05) is 19.0 Å². The van der Waals surface area contributed by atoms with Crippen molar-refractivity contribution in [1.29, 1.82) is 0 Å². The van der Waals surface area contributed by atoms with Crippen molar-refractivity contribution in [2.24, 2.45) is 0 Å². The number of hydrogen-bond donors (Lipinski definition) is 0. The first-order valence-electron chi connectivity index (χ1n) is 8.93. The van der Waals surface area contributed by atoms with Gasteiger partial charge in [-0.15, -0.1) is 11.3 Å². The van der Waals surface area contributed by atoms with E-state index in [0.29, 0.717) is 12.3 Å². The smallest absolute Gasteiger partial charge is 0.260 e. The highest BCUT2D eigenvalue weighted by molar-refractivity contribution is 7.18. The number of hydrogen-bond acceptors (Lipinski definition) is 5. The number of benzene rings is 2. The Morgan fingerprint density at radius 2 is 2.07 bits per heavy atom. The second-order valence-corrected chi connectivity index (χ2v) is 8.51. The number of aromatic nitrogens is 1. The third-order valence-electron chi connectivity index (χ3n) is 4.54. The zero-order valence-electron chi connectivity index (χ0n) is 15.7. The molecule has 2 heterocycles. The van der Waals surface area contributed by atoms with Crippen LogP contribution in [0.1, 0.15) is 24.4 Å². The molecule has 2 aromatic carbocycles. The van der Waals surface area contributed by atoms with E-state index in [-0.39, 0.29) is 18.1 Å². The van der Waals surface area contributed by atoms with E-state index in [1.807, 2.05) is 56.3 Å². The number of ether oxygens (including phenoxy) is 2. The van der Waals surface area contributed by atoms with E-state index in [2.05, 4.69) is 4.98 Å². The summed E-state index contributed by atoms with van der Waals surface area (Å²) in [6.45, 7) is 4.54. The second-order valence-electron chi connectivity index (χ2n) is 7.40. The molecule has 1 aromatic heterocycles. The van der Waals surface area contributed by atoms with Crippen molar-refractivity contribution < 1.29 is 14.3 Å². The molecule has 0 N–H and O–H groups in total. The van der Waals surface area contributed by atoms with Gasteiger partial charge in [-0.25, -0.2) is 4.98 Å². The van der Waals surface area contributed by atoms with E-state index in [0.717, 1.165) is 33.0 Å². The maximum atomic E-state index is 12.5. The van der Waals surface area contributed by atoms with Gasteiger partial charge in [-0.3, -0.25) is 4.79 Å². The molecule has 140 valence electrons. The first kappa shape index (κ1) is 17.8. The Hall–Kier alpha value is -2.60. The molecular weight excluding hydrogens is 360 g/mol. The van der Waals surface area contributed by atoms with Gasteiger partial charge < -0.3 is 14.4 Å². The summed E-state index contributed by atoms with van der Waals surface area (Å²) in [6, 6.07) is 13.8. The van der Waals surface area contributed by atoms with Crippen molar-refractivity contribution >= 4 is 27.5 Å². The largest absolute Gasteiger partial charge is 0.483 e. The summed E-state index contributed by atoms with van der Waals surface area (Å²) < 4.78 is 12.9. The number of carbonyl (C=O) groups excluding carboxylic acids is 1. The zero-order valence-corrected chi connectivity index (χ0v) is 16.5. The predicted octanol–water partition coefficient (Wildman–Crippen LogP) is 4.05. The maximum Gasteiger partial charge on any atom is 0.260 e. The summed E-state index contributed by atoms with van der Waals surface area (Å²) in [5.41, 5.74) is 1.84. The molecule has 0 fully saturated rings. The highest BCUT2D eigenvalue weighted by Gasteiger charge is 2.32. The fraction of sp³-hybridized carbons (Fsp3) is 0.333. The second kappa shape index (κ2) is 6.85. The highest BCUT2D eigenvalue weighted by Crippen LogP contribution is 2.41. The Morgan fingerprint density at radius 1 is 1.26 bits per heavy atom. The van der Waals surface area contributed by atoms with Crippen LogP contribution in [-0.2, 0) is 17.8 Å². The lowest BCUT2D eigenvalue weighted by atomic mass is 10.0. The van der Waals surface area contributed by atoms with E-state index >= 15 is 0 Å². The van der Waals surface area contributed by atoms with Crippen LogP contribution in [0.15, 0.2) is 42.5 Å². The van der Waals surface area contributed by atoms with Gasteiger partial charge in [0.1, 0.15) is 10.6 Å². The average molecular weight is 382 g/mol. The Kier molecular flexibility index (Phi) is 4.52. The molecule has 0 bridgehead atoms. The molecule has 0 saturated carbocycles. The molecule has 0 unspecified atom stereocenters. The number of amides is 1. The van der Waals surface area contributed by atoms with E-state index in [1.165, 1.54) is 0 Å². The van der Waals surface area contributed by atoms with Crippen LogP contribution in [0.5, 0.6) is 11.5 Å². The van der Waals surface area contributed by atoms with Crippen LogP contribution < -0.4 is 9.47 Å². The van der Waals surface area contributed by atoms with E-state index in [1.54, 1.807) is 23.3 Å². The summed E-state index contributed by atoms with van der Waals surface area (Å²) in [6.07, 6.45) is 0.838. The van der Waals surface area contributed by atoms with Crippen LogP contribution in [0.3, 0.4) is 0 Å². The topological polar surface area (TPSA) is 51.7 Å². The van der Waals surface area contributed by atoms with Crippen LogP contribution >= 0.6 is 11.3 Å². The monoisotopic (exact) mass is 382 g/mol. The first-order valence-corrected chi connectivity index (χ1v) is 9.75. The molecule has 0 spiro atoms. The van der Waals surface area contributed by atoms with Crippen LogP contribution in [0.25, 0.3) is 10.2 Å². The van der Waals surface area contributed by atoms with Gasteiger partial charge in [0.2, 0.25) is 0 Å². The van der Waals surface area contributed by atoms with Crippen molar-refractivity contribution in [2.75, 3.05) is 13.7 Å². The molecule has 1 aliphatic rings. The SMILES string of the molecule is CN(Cc1nc2ccccc2s1)C(=O)COc1cccc2c1OC(C)(C)C2. The lowest BCUT2D eigenvalue weighted by molar-refractivity contribution is -0.132. The van der Waals surface area contributed by atoms with Gasteiger partial charge in [0.15, 0.2) is 18.1 Å². The summed E-state index contributed by atoms with van der Waals surface area (Å²) in [5, 5.41) is 0.915. The molecule has 0 radical (unpaired) electrons. The Balaban J connectivity index is 1.39. The van der Waals surface area contributed by atoms with Crippen LogP contribution in [0.4, 0.5) is 0 Å². The molecular formula is C21H22N2O3S. The molecule has 0 atom stereocenters. The number of carbonyl (C=O) groups is 1.